The summed E-state index contributed by atoms with van der Waals surface area (Å²) in [5, 5.41) is 0. The third kappa shape index (κ3) is 8.73. The van der Waals surface area contributed by atoms with Crippen LogP contribution in [0.3, 0.4) is 0 Å². The van der Waals surface area contributed by atoms with Gasteiger partial charge in [0.2, 0.25) is 10.3 Å². The number of hydrogen-bond acceptors (Lipinski definition) is 6. The Balaban J connectivity index is 0. The molecule has 98 valence electrons. The van der Waals surface area contributed by atoms with Crippen LogP contribution in [0.5, 0.6) is 0 Å². The molecule has 0 spiro atoms. The summed E-state index contributed by atoms with van der Waals surface area (Å²) in [6.45, 7) is 0. The van der Waals surface area contributed by atoms with Gasteiger partial charge in [0.1, 0.15) is 0 Å². The molecule has 0 aromatic heterocycles. The molecule has 6 nitrogen and oxygen atoms in total. The molecule has 1 aromatic rings. The standard InChI is InChI=1S/C10H8O2S.2Na.H2O4S/c11-13(12)10-7-3-5-8-4-1-2-6-9(8)10;;;1-5(2,3)4/h1-6H,7H2;;;(H2,1,2,3,4)/q;2*+1;/p-2. The van der Waals surface area contributed by atoms with Gasteiger partial charge in [0.15, 0.2) is 0 Å². The number of hydrogen-bond donors (Lipinski definition) is 0. The second kappa shape index (κ2) is 10.3. The summed E-state index contributed by atoms with van der Waals surface area (Å²) in [6, 6.07) is 7.51. The van der Waals surface area contributed by atoms with Gasteiger partial charge in [0.05, 0.1) is 4.86 Å². The van der Waals surface area contributed by atoms with Gasteiger partial charge in [0.25, 0.3) is 0 Å². The van der Waals surface area contributed by atoms with Crippen molar-refractivity contribution in [3.63, 3.8) is 0 Å². The molecule has 0 unspecified atom stereocenters. The van der Waals surface area contributed by atoms with Crippen molar-refractivity contribution in [2.45, 2.75) is 6.42 Å². The third-order valence-electron chi connectivity index (χ3n) is 2.06. The van der Waals surface area contributed by atoms with Crippen LogP contribution < -0.4 is 59.1 Å². The minimum atomic E-state index is -5.17. The maximum absolute atomic E-state index is 10.8. The van der Waals surface area contributed by atoms with E-state index < -0.39 is 20.7 Å². The van der Waals surface area contributed by atoms with Gasteiger partial charge in [-0.05, 0) is 5.56 Å². The average Bonchev–Trinajstić information content (AvgIpc) is 2.26. The average molecular weight is 334 g/mol. The maximum Gasteiger partial charge on any atom is 1.00 e. The SMILES string of the molecule is O=S(=O)([O-])[O-].O=S(=O)=C1CC=Cc2ccccc21.[Na+].[Na+]. The van der Waals surface area contributed by atoms with Gasteiger partial charge in [-0.25, -0.2) is 0 Å². The van der Waals surface area contributed by atoms with Crippen LogP contribution in [-0.4, -0.2) is 30.8 Å². The van der Waals surface area contributed by atoms with Crippen LogP contribution in [0.1, 0.15) is 17.5 Å². The van der Waals surface area contributed by atoms with Crippen molar-refractivity contribution in [3.05, 3.63) is 41.5 Å². The van der Waals surface area contributed by atoms with Gasteiger partial charge >= 0.3 is 59.1 Å². The first-order chi connectivity index (χ1) is 8.29. The second-order valence-electron chi connectivity index (χ2n) is 3.26. The van der Waals surface area contributed by atoms with Crippen molar-refractivity contribution in [1.82, 2.24) is 0 Å². The van der Waals surface area contributed by atoms with Crippen molar-refractivity contribution in [3.8, 4) is 0 Å². The zero-order valence-corrected chi connectivity index (χ0v) is 16.6. The van der Waals surface area contributed by atoms with Gasteiger partial charge < -0.3 is 9.11 Å². The van der Waals surface area contributed by atoms with Crippen molar-refractivity contribution in [1.29, 1.82) is 0 Å². The number of fused-ring (bicyclic) bond motifs is 1. The van der Waals surface area contributed by atoms with E-state index in [1.54, 1.807) is 0 Å². The molecule has 0 amide bonds. The van der Waals surface area contributed by atoms with Crippen LogP contribution in [-0.2, 0) is 20.7 Å². The molecular formula is C10H8Na2O6S2. The summed E-state index contributed by atoms with van der Waals surface area (Å²) >= 11 is 0. The molecule has 0 N–H and O–H groups in total. The van der Waals surface area contributed by atoms with Crippen LogP contribution >= 0.6 is 0 Å². The van der Waals surface area contributed by atoms with Crippen molar-refractivity contribution >= 4 is 31.6 Å². The van der Waals surface area contributed by atoms with Gasteiger partial charge in [-0.3, -0.25) is 8.42 Å². The van der Waals surface area contributed by atoms with Crippen LogP contribution in [0, 0.1) is 0 Å². The van der Waals surface area contributed by atoms with Gasteiger partial charge in [0, 0.05) is 22.4 Å². The first-order valence-corrected chi connectivity index (χ1v) is 7.07. The molecule has 0 saturated heterocycles. The first kappa shape index (κ1) is 22.8. The Bertz CT molecular complexity index is 691. The Morgan fingerprint density at radius 1 is 1.05 bits per heavy atom. The topological polar surface area (TPSA) is 114 Å². The Hall–Kier alpha value is 0.520. The molecule has 0 radical (unpaired) electrons. The predicted octanol–water partition coefficient (Wildman–Crippen LogP) is -5.83. The summed E-state index contributed by atoms with van der Waals surface area (Å²) in [4.78, 5) is 0.484. The van der Waals surface area contributed by atoms with E-state index >= 15 is 0 Å². The molecule has 2 rings (SSSR count). The molecule has 1 aliphatic carbocycles. The first-order valence-electron chi connectivity index (χ1n) is 4.67. The van der Waals surface area contributed by atoms with Crippen molar-refractivity contribution in [2.75, 3.05) is 0 Å². The van der Waals surface area contributed by atoms with Gasteiger partial charge in [-0.2, -0.15) is 8.42 Å². The summed E-state index contributed by atoms with van der Waals surface area (Å²) in [7, 11) is -7.26. The van der Waals surface area contributed by atoms with E-state index in [1.165, 1.54) is 0 Å². The van der Waals surface area contributed by atoms with Crippen LogP contribution in [0.25, 0.3) is 6.08 Å². The van der Waals surface area contributed by atoms with Crippen LogP contribution in [0.4, 0.5) is 0 Å². The van der Waals surface area contributed by atoms with Crippen molar-refractivity contribution < 1.29 is 85.1 Å². The molecule has 20 heavy (non-hydrogen) atoms. The Morgan fingerprint density at radius 2 is 1.55 bits per heavy atom. The molecule has 1 aromatic carbocycles. The molecule has 0 aliphatic heterocycles. The van der Waals surface area contributed by atoms with E-state index in [9.17, 15) is 8.42 Å². The third-order valence-corrected chi connectivity index (χ3v) is 2.85. The summed E-state index contributed by atoms with van der Waals surface area (Å²) in [5.41, 5.74) is 1.81. The molecule has 0 saturated carbocycles. The Kier molecular flexibility index (Phi) is 11.7. The predicted molar refractivity (Wildman–Crippen MR) is 63.6 cm³/mol. The molecule has 0 atom stereocenters. The zero-order chi connectivity index (χ0) is 13.8. The molecule has 0 fully saturated rings. The Labute approximate surface area is 163 Å². The maximum atomic E-state index is 10.8. The molecule has 0 bridgehead atoms. The minimum absolute atomic E-state index is 0. The van der Waals surface area contributed by atoms with E-state index in [0.29, 0.717) is 11.3 Å². The molecule has 1 aliphatic rings. The van der Waals surface area contributed by atoms with Gasteiger partial charge in [-0.1, -0.05) is 36.4 Å². The van der Waals surface area contributed by atoms with Crippen molar-refractivity contribution in [2.24, 2.45) is 0 Å². The summed E-state index contributed by atoms with van der Waals surface area (Å²) in [6.07, 6.45) is 4.33. The molecule has 10 heteroatoms. The van der Waals surface area contributed by atoms with E-state index in [1.807, 2.05) is 36.4 Å². The normalized spacial score (nSPS) is 12.0. The minimum Gasteiger partial charge on any atom is -0.759 e. The van der Waals surface area contributed by atoms with Crippen LogP contribution in [0.2, 0.25) is 0 Å². The monoisotopic (exact) mass is 334 g/mol. The smallest absolute Gasteiger partial charge is 0.759 e. The quantitative estimate of drug-likeness (QED) is 0.202. The molecular weight excluding hydrogens is 326 g/mol. The summed E-state index contributed by atoms with van der Waals surface area (Å²) < 4.78 is 55.8. The largest absolute Gasteiger partial charge is 1.00 e. The fraction of sp³-hybridized carbons (Fsp3) is 0.100. The van der Waals surface area contributed by atoms with Gasteiger partial charge in [-0.15, -0.1) is 0 Å². The number of benzene rings is 1. The van der Waals surface area contributed by atoms with Crippen LogP contribution in [0.15, 0.2) is 30.3 Å². The fourth-order valence-corrected chi connectivity index (χ4v) is 2.05. The second-order valence-corrected chi connectivity index (χ2v) is 5.04. The van der Waals surface area contributed by atoms with E-state index in [0.717, 1.165) is 11.1 Å². The van der Waals surface area contributed by atoms with E-state index in [-0.39, 0.29) is 59.1 Å². The number of allylic oxidation sites excluding steroid dienone is 1. The molecule has 0 heterocycles. The number of rotatable bonds is 0. The Morgan fingerprint density at radius 3 is 2.05 bits per heavy atom. The summed E-state index contributed by atoms with van der Waals surface area (Å²) in [5.74, 6) is 0. The zero-order valence-electron chi connectivity index (χ0n) is 10.9. The van der Waals surface area contributed by atoms with E-state index in [4.69, 9.17) is 17.5 Å². The fourth-order valence-electron chi connectivity index (χ4n) is 1.46. The van der Waals surface area contributed by atoms with E-state index in [2.05, 4.69) is 0 Å².